The van der Waals surface area contributed by atoms with Crippen molar-refractivity contribution in [1.29, 1.82) is 0 Å². The fraction of sp³-hybridized carbons (Fsp3) is 0.296. The summed E-state index contributed by atoms with van der Waals surface area (Å²) in [4.78, 5) is 44.1. The molecule has 1 aliphatic heterocycles. The summed E-state index contributed by atoms with van der Waals surface area (Å²) < 4.78 is 43.5. The van der Waals surface area contributed by atoms with Gasteiger partial charge in [-0.05, 0) is 33.3 Å². The topological polar surface area (TPSA) is 119 Å². The van der Waals surface area contributed by atoms with E-state index in [9.17, 15) is 22.8 Å². The van der Waals surface area contributed by atoms with E-state index in [0.29, 0.717) is 35.9 Å². The number of benzene rings is 1. The van der Waals surface area contributed by atoms with E-state index < -0.39 is 35.3 Å². The minimum Gasteiger partial charge on any atom is -0.318 e. The van der Waals surface area contributed by atoms with E-state index in [1.54, 1.807) is 22.0 Å². The summed E-state index contributed by atoms with van der Waals surface area (Å²) in [7, 11) is 0. The third-order valence-corrected chi connectivity index (χ3v) is 7.05. The summed E-state index contributed by atoms with van der Waals surface area (Å²) in [6.07, 6.45) is 4.01. The number of halogens is 4. The highest BCUT2D eigenvalue weighted by atomic mass is 35.5. The smallest absolute Gasteiger partial charge is 0.276 e. The van der Waals surface area contributed by atoms with Crippen LogP contribution in [0.25, 0.3) is 11.3 Å². The number of anilines is 2. The average molecular weight is 585 g/mol. The number of carbonyl (C=O) groups excluding carboxylic acids is 2. The minimum atomic E-state index is -3.00. The molecule has 1 atom stereocenters. The first-order chi connectivity index (χ1) is 19.5. The van der Waals surface area contributed by atoms with Crippen LogP contribution in [0.1, 0.15) is 65.5 Å². The summed E-state index contributed by atoms with van der Waals surface area (Å²) in [5, 5.41) is 6.58. The number of nitrogens with zero attached hydrogens (tertiary/aromatic N) is 7. The molecule has 10 nitrogen and oxygen atoms in total. The maximum atomic E-state index is 14.8. The van der Waals surface area contributed by atoms with Crippen LogP contribution >= 0.6 is 11.6 Å². The van der Waals surface area contributed by atoms with Crippen LogP contribution in [0.2, 0.25) is 5.02 Å². The number of hydrogen-bond acceptors (Lipinski definition) is 7. The Morgan fingerprint density at radius 3 is 2.56 bits per heavy atom. The molecule has 3 aromatic heterocycles. The SMILES string of the molecule is Cc1nc(C(C)n2cc(NC(=O)c3nc(-c4c(C(F)F)ccc(Cl)c4F)cnc3C)cn2)ncc1N1CCCC1=O. The third kappa shape index (κ3) is 5.49. The Hall–Kier alpha value is -4.39. The maximum Gasteiger partial charge on any atom is 0.276 e. The van der Waals surface area contributed by atoms with Gasteiger partial charge in [-0.15, -0.1) is 0 Å². The minimum absolute atomic E-state index is 0.0441. The fourth-order valence-corrected chi connectivity index (χ4v) is 4.72. The molecule has 0 saturated carbocycles. The van der Waals surface area contributed by atoms with Gasteiger partial charge in [-0.2, -0.15) is 5.10 Å². The second kappa shape index (κ2) is 11.2. The van der Waals surface area contributed by atoms with Crippen molar-refractivity contribution in [3.05, 3.63) is 76.2 Å². The van der Waals surface area contributed by atoms with Crippen LogP contribution < -0.4 is 10.2 Å². The van der Waals surface area contributed by atoms with Crippen LogP contribution in [0.4, 0.5) is 24.5 Å². The Balaban J connectivity index is 1.36. The predicted molar refractivity (Wildman–Crippen MR) is 144 cm³/mol. The number of amides is 2. The third-order valence-electron chi connectivity index (χ3n) is 6.75. The second-order valence-electron chi connectivity index (χ2n) is 9.50. The van der Waals surface area contributed by atoms with Crippen molar-refractivity contribution in [1.82, 2.24) is 29.7 Å². The first-order valence-electron chi connectivity index (χ1n) is 12.6. The zero-order chi connectivity index (χ0) is 29.4. The summed E-state index contributed by atoms with van der Waals surface area (Å²) in [5.74, 6) is -1.27. The largest absolute Gasteiger partial charge is 0.318 e. The van der Waals surface area contributed by atoms with Crippen molar-refractivity contribution in [3.8, 4) is 11.3 Å². The lowest BCUT2D eigenvalue weighted by Gasteiger charge is -2.19. The number of aryl methyl sites for hydroxylation is 2. The number of hydrogen-bond donors (Lipinski definition) is 1. The average Bonchev–Trinajstić information content (AvgIpc) is 3.58. The van der Waals surface area contributed by atoms with Gasteiger partial charge in [0.2, 0.25) is 5.91 Å². The van der Waals surface area contributed by atoms with Crippen LogP contribution in [0, 0.1) is 19.7 Å². The van der Waals surface area contributed by atoms with Gasteiger partial charge in [0.25, 0.3) is 12.3 Å². The van der Waals surface area contributed by atoms with Gasteiger partial charge >= 0.3 is 0 Å². The summed E-state index contributed by atoms with van der Waals surface area (Å²) >= 11 is 5.82. The first-order valence-corrected chi connectivity index (χ1v) is 13.0. The molecule has 0 spiro atoms. The van der Waals surface area contributed by atoms with Crippen LogP contribution in [0.15, 0.2) is 36.9 Å². The molecule has 0 bridgehead atoms. The fourth-order valence-electron chi connectivity index (χ4n) is 4.56. The van der Waals surface area contributed by atoms with Crippen molar-refractivity contribution in [2.45, 2.75) is 46.1 Å². The van der Waals surface area contributed by atoms with Gasteiger partial charge in [0.15, 0.2) is 11.6 Å². The zero-order valence-electron chi connectivity index (χ0n) is 22.2. The van der Waals surface area contributed by atoms with Gasteiger partial charge in [-0.1, -0.05) is 17.7 Å². The van der Waals surface area contributed by atoms with Crippen molar-refractivity contribution in [3.63, 3.8) is 0 Å². The van der Waals surface area contributed by atoms with Gasteiger partial charge in [-0.3, -0.25) is 19.3 Å². The van der Waals surface area contributed by atoms with Crippen LogP contribution in [-0.2, 0) is 4.79 Å². The Bertz CT molecular complexity index is 1660. The number of nitrogens with one attached hydrogen (secondary N) is 1. The molecule has 212 valence electrons. The molecule has 2 amide bonds. The highest BCUT2D eigenvalue weighted by Gasteiger charge is 2.26. The number of rotatable bonds is 7. The molecular formula is C27H24ClF3N8O2. The molecule has 1 unspecified atom stereocenters. The van der Waals surface area contributed by atoms with Crippen LogP contribution in [0.3, 0.4) is 0 Å². The Morgan fingerprint density at radius 1 is 1.10 bits per heavy atom. The molecule has 4 aromatic rings. The van der Waals surface area contributed by atoms with E-state index in [0.717, 1.165) is 24.8 Å². The summed E-state index contributed by atoms with van der Waals surface area (Å²) in [6.45, 7) is 5.78. The van der Waals surface area contributed by atoms with Crippen molar-refractivity contribution < 1.29 is 22.8 Å². The van der Waals surface area contributed by atoms with E-state index in [2.05, 4.69) is 30.4 Å². The van der Waals surface area contributed by atoms with E-state index >= 15 is 0 Å². The van der Waals surface area contributed by atoms with Crippen molar-refractivity contribution in [2.75, 3.05) is 16.8 Å². The van der Waals surface area contributed by atoms with E-state index in [1.807, 2.05) is 13.8 Å². The second-order valence-corrected chi connectivity index (χ2v) is 9.91. The molecule has 0 aliphatic carbocycles. The molecule has 1 aliphatic rings. The summed E-state index contributed by atoms with van der Waals surface area (Å²) in [6, 6.07) is 1.63. The lowest BCUT2D eigenvalue weighted by molar-refractivity contribution is -0.117. The number of carbonyl (C=O) groups is 2. The van der Waals surface area contributed by atoms with E-state index in [4.69, 9.17) is 11.6 Å². The normalized spacial score (nSPS) is 14.1. The quantitative estimate of drug-likeness (QED) is 0.306. The van der Waals surface area contributed by atoms with Crippen LogP contribution in [0.5, 0.6) is 0 Å². The van der Waals surface area contributed by atoms with E-state index in [-0.39, 0.29) is 28.0 Å². The predicted octanol–water partition coefficient (Wildman–Crippen LogP) is 5.47. The van der Waals surface area contributed by atoms with Crippen LogP contribution in [-0.4, -0.2) is 48.1 Å². The van der Waals surface area contributed by atoms with Crippen molar-refractivity contribution >= 4 is 34.8 Å². The molecule has 4 heterocycles. The Labute approximate surface area is 237 Å². The number of alkyl halides is 2. The molecule has 1 aromatic carbocycles. The van der Waals surface area contributed by atoms with Gasteiger partial charge in [0.1, 0.15) is 11.7 Å². The van der Waals surface area contributed by atoms with Gasteiger partial charge < -0.3 is 10.2 Å². The highest BCUT2D eigenvalue weighted by molar-refractivity contribution is 6.31. The van der Waals surface area contributed by atoms with Gasteiger partial charge in [-0.25, -0.2) is 28.1 Å². The zero-order valence-corrected chi connectivity index (χ0v) is 23.0. The number of aromatic nitrogens is 6. The molecular weight excluding hydrogens is 561 g/mol. The monoisotopic (exact) mass is 584 g/mol. The molecule has 5 rings (SSSR count). The molecule has 1 N–H and O–H groups in total. The molecule has 1 saturated heterocycles. The Kier molecular flexibility index (Phi) is 7.72. The lowest BCUT2D eigenvalue weighted by Crippen LogP contribution is -2.25. The standard InChI is InChI=1S/C27H24ClF3N8O2/c1-13-20(38-8-4-5-21(38)40)11-33-26(35-13)15(3)39-12-16(9-34-39)36-27(41)24-14(2)32-10-19(37-24)22-17(25(30)31)6-7-18(28)23(22)29/h6-7,9-12,15,25H,4-5,8H2,1-3H3,(H,36,41). The van der Waals surface area contributed by atoms with Gasteiger partial charge in [0.05, 0.1) is 52.1 Å². The molecule has 14 heteroatoms. The molecule has 0 radical (unpaired) electrons. The first kappa shape index (κ1) is 28.1. The highest BCUT2D eigenvalue weighted by Crippen LogP contribution is 2.35. The maximum absolute atomic E-state index is 14.8. The summed E-state index contributed by atoms with van der Waals surface area (Å²) in [5.41, 5.74) is 0.267. The van der Waals surface area contributed by atoms with Crippen molar-refractivity contribution in [2.24, 2.45) is 0 Å². The molecule has 41 heavy (non-hydrogen) atoms. The Morgan fingerprint density at radius 2 is 1.88 bits per heavy atom. The van der Waals surface area contributed by atoms with E-state index in [1.165, 1.54) is 13.1 Å². The lowest BCUT2D eigenvalue weighted by atomic mass is 10.0. The van der Waals surface area contributed by atoms with Gasteiger partial charge in [0, 0.05) is 30.3 Å². The molecule has 1 fully saturated rings.